The quantitative estimate of drug-likeness (QED) is 0.832. The van der Waals surface area contributed by atoms with Gasteiger partial charge in [-0.3, -0.25) is 5.32 Å². The molecule has 5 nitrogen and oxygen atoms in total. The van der Waals surface area contributed by atoms with Crippen molar-refractivity contribution in [3.63, 3.8) is 0 Å². The zero-order chi connectivity index (χ0) is 15.5. The van der Waals surface area contributed by atoms with Crippen molar-refractivity contribution in [3.8, 4) is 0 Å². The number of benzene rings is 1. The van der Waals surface area contributed by atoms with E-state index in [1.54, 1.807) is 20.8 Å². The number of amides is 1. The number of carboxylic acid groups (broad SMARTS) is 1. The molecule has 6 heteroatoms. The fourth-order valence-corrected chi connectivity index (χ4v) is 1.58. The molecule has 108 valence electrons. The monoisotopic (exact) mass is 297 g/mol. The molecule has 0 aromatic heterocycles. The first-order valence-corrected chi connectivity index (χ1v) is 6.20. The van der Waals surface area contributed by atoms with Crippen LogP contribution in [0.3, 0.4) is 0 Å². The highest BCUT2D eigenvalue weighted by atomic mass is 35.5. The number of hydrogen-bond acceptors (Lipinski definition) is 3. The standard InChI is InChI=1S/C14H16ClNO4/c1-8(12(17)18)10-7-9(15)5-6-11(10)16-13(19)20-14(2,3)4/h5-7H,1H2,2-4H3,(H,16,19)(H,17,18). The van der Waals surface area contributed by atoms with Gasteiger partial charge in [0, 0.05) is 10.6 Å². The van der Waals surface area contributed by atoms with Crippen molar-refractivity contribution in [1.29, 1.82) is 0 Å². The first kappa shape index (κ1) is 16.0. The van der Waals surface area contributed by atoms with Crippen LogP contribution in [0, 0.1) is 0 Å². The molecule has 0 radical (unpaired) electrons. The van der Waals surface area contributed by atoms with Crippen molar-refractivity contribution in [2.24, 2.45) is 0 Å². The Kier molecular flexibility index (Phi) is 4.78. The van der Waals surface area contributed by atoms with Crippen LogP contribution in [0.15, 0.2) is 24.8 Å². The van der Waals surface area contributed by atoms with Crippen molar-refractivity contribution in [2.75, 3.05) is 5.32 Å². The number of aliphatic carboxylic acids is 1. The molecule has 0 spiro atoms. The van der Waals surface area contributed by atoms with Crippen molar-refractivity contribution in [1.82, 2.24) is 0 Å². The van der Waals surface area contributed by atoms with E-state index in [4.69, 9.17) is 21.4 Å². The molecule has 0 aliphatic heterocycles. The summed E-state index contributed by atoms with van der Waals surface area (Å²) in [5, 5.41) is 11.8. The summed E-state index contributed by atoms with van der Waals surface area (Å²) in [6, 6.07) is 4.45. The normalized spacial score (nSPS) is 10.8. The lowest BCUT2D eigenvalue weighted by atomic mass is 10.1. The minimum atomic E-state index is -1.19. The molecule has 0 unspecified atom stereocenters. The van der Waals surface area contributed by atoms with E-state index in [9.17, 15) is 9.59 Å². The van der Waals surface area contributed by atoms with E-state index in [1.165, 1.54) is 18.2 Å². The van der Waals surface area contributed by atoms with Gasteiger partial charge in [-0.2, -0.15) is 0 Å². The summed E-state index contributed by atoms with van der Waals surface area (Å²) in [7, 11) is 0. The van der Waals surface area contributed by atoms with Crippen molar-refractivity contribution >= 4 is 34.9 Å². The first-order valence-electron chi connectivity index (χ1n) is 5.82. The molecule has 0 saturated heterocycles. The van der Waals surface area contributed by atoms with Gasteiger partial charge in [-0.25, -0.2) is 9.59 Å². The third kappa shape index (κ3) is 4.59. The molecule has 20 heavy (non-hydrogen) atoms. The van der Waals surface area contributed by atoms with E-state index < -0.39 is 17.7 Å². The zero-order valence-corrected chi connectivity index (χ0v) is 12.2. The molecule has 0 aliphatic carbocycles. The van der Waals surface area contributed by atoms with Crippen LogP contribution in [0.25, 0.3) is 5.57 Å². The van der Waals surface area contributed by atoms with Crippen LogP contribution in [0.4, 0.5) is 10.5 Å². The number of nitrogens with one attached hydrogen (secondary N) is 1. The fraction of sp³-hybridized carbons (Fsp3) is 0.286. The molecule has 0 saturated carbocycles. The number of rotatable bonds is 3. The molecule has 1 amide bonds. The minimum absolute atomic E-state index is 0.168. The number of carbonyl (C=O) groups excluding carboxylic acids is 1. The Morgan fingerprint density at radius 3 is 2.45 bits per heavy atom. The summed E-state index contributed by atoms with van der Waals surface area (Å²) in [4.78, 5) is 22.7. The largest absolute Gasteiger partial charge is 0.478 e. The number of ether oxygens (including phenoxy) is 1. The highest BCUT2D eigenvalue weighted by Crippen LogP contribution is 2.27. The molecular formula is C14H16ClNO4. The average molecular weight is 298 g/mol. The van der Waals surface area contributed by atoms with Gasteiger partial charge in [0.2, 0.25) is 0 Å². The Labute approximate surface area is 122 Å². The van der Waals surface area contributed by atoms with Gasteiger partial charge < -0.3 is 9.84 Å². The van der Waals surface area contributed by atoms with Gasteiger partial charge in [0.15, 0.2) is 0 Å². The third-order valence-corrected chi connectivity index (χ3v) is 2.44. The predicted molar refractivity (Wildman–Crippen MR) is 78.0 cm³/mol. The zero-order valence-electron chi connectivity index (χ0n) is 11.5. The van der Waals surface area contributed by atoms with Crippen molar-refractivity contribution < 1.29 is 19.4 Å². The average Bonchev–Trinajstić information content (AvgIpc) is 2.27. The smallest absolute Gasteiger partial charge is 0.412 e. The lowest BCUT2D eigenvalue weighted by Gasteiger charge is -2.20. The fourth-order valence-electron chi connectivity index (χ4n) is 1.40. The van der Waals surface area contributed by atoms with Gasteiger partial charge in [-0.1, -0.05) is 18.2 Å². The van der Waals surface area contributed by atoms with Crippen LogP contribution >= 0.6 is 11.6 Å². The van der Waals surface area contributed by atoms with Gasteiger partial charge in [0.1, 0.15) is 5.60 Å². The summed E-state index contributed by atoms with van der Waals surface area (Å²) in [6.07, 6.45) is -0.681. The second-order valence-corrected chi connectivity index (χ2v) is 5.54. The molecule has 0 heterocycles. The van der Waals surface area contributed by atoms with Crippen molar-refractivity contribution in [3.05, 3.63) is 35.4 Å². The van der Waals surface area contributed by atoms with Crippen LogP contribution in [0.1, 0.15) is 26.3 Å². The molecular weight excluding hydrogens is 282 g/mol. The molecule has 0 atom stereocenters. The number of carboxylic acids is 1. The van der Waals surface area contributed by atoms with Gasteiger partial charge >= 0.3 is 12.1 Å². The predicted octanol–water partition coefficient (Wildman–Crippen LogP) is 3.78. The van der Waals surface area contributed by atoms with Crippen LogP contribution in [-0.4, -0.2) is 22.8 Å². The summed E-state index contributed by atoms with van der Waals surface area (Å²) >= 11 is 5.83. The van der Waals surface area contributed by atoms with Crippen LogP contribution in [-0.2, 0) is 9.53 Å². The maximum Gasteiger partial charge on any atom is 0.412 e. The van der Waals surface area contributed by atoms with Crippen LogP contribution in [0.2, 0.25) is 5.02 Å². The Morgan fingerprint density at radius 2 is 1.95 bits per heavy atom. The molecule has 1 rings (SSSR count). The summed E-state index contributed by atoms with van der Waals surface area (Å²) in [6.45, 7) is 8.64. The van der Waals surface area contributed by atoms with Crippen LogP contribution in [0.5, 0.6) is 0 Å². The number of halogens is 1. The molecule has 0 aliphatic rings. The van der Waals surface area contributed by atoms with E-state index in [0.717, 1.165) is 0 Å². The lowest BCUT2D eigenvalue weighted by Crippen LogP contribution is -2.27. The van der Waals surface area contributed by atoms with Crippen molar-refractivity contribution in [2.45, 2.75) is 26.4 Å². The third-order valence-electron chi connectivity index (χ3n) is 2.20. The molecule has 2 N–H and O–H groups in total. The van der Waals surface area contributed by atoms with E-state index in [-0.39, 0.29) is 16.8 Å². The van der Waals surface area contributed by atoms with E-state index in [1.807, 2.05) is 0 Å². The van der Waals surface area contributed by atoms with E-state index >= 15 is 0 Å². The second kappa shape index (κ2) is 5.96. The summed E-state index contributed by atoms with van der Waals surface area (Å²) in [5.41, 5.74) is -0.314. The number of hydrogen-bond donors (Lipinski definition) is 2. The lowest BCUT2D eigenvalue weighted by molar-refractivity contribution is -0.130. The molecule has 0 bridgehead atoms. The summed E-state index contributed by atoms with van der Waals surface area (Å²) < 4.78 is 5.11. The maximum absolute atomic E-state index is 11.7. The Balaban J connectivity index is 3.04. The number of carbonyl (C=O) groups is 2. The topological polar surface area (TPSA) is 75.6 Å². The Bertz CT molecular complexity index is 561. The molecule has 0 fully saturated rings. The van der Waals surface area contributed by atoms with E-state index in [2.05, 4.69) is 11.9 Å². The molecule has 1 aromatic carbocycles. The second-order valence-electron chi connectivity index (χ2n) is 5.10. The van der Waals surface area contributed by atoms with Crippen LogP contribution < -0.4 is 5.32 Å². The molecule has 1 aromatic rings. The number of anilines is 1. The highest BCUT2D eigenvalue weighted by molar-refractivity contribution is 6.31. The first-order chi connectivity index (χ1) is 9.10. The Hall–Kier alpha value is -2.01. The SMILES string of the molecule is C=C(C(=O)O)c1cc(Cl)ccc1NC(=O)OC(C)(C)C. The maximum atomic E-state index is 11.7. The van der Waals surface area contributed by atoms with E-state index in [0.29, 0.717) is 5.02 Å². The Morgan fingerprint density at radius 1 is 1.35 bits per heavy atom. The minimum Gasteiger partial charge on any atom is -0.478 e. The summed E-state index contributed by atoms with van der Waals surface area (Å²) in [5.74, 6) is -1.19. The van der Waals surface area contributed by atoms with Gasteiger partial charge in [-0.05, 0) is 39.0 Å². The van der Waals surface area contributed by atoms with Gasteiger partial charge in [0.05, 0.1) is 11.3 Å². The van der Waals surface area contributed by atoms with Gasteiger partial charge in [-0.15, -0.1) is 0 Å². The van der Waals surface area contributed by atoms with Gasteiger partial charge in [0.25, 0.3) is 0 Å². The highest BCUT2D eigenvalue weighted by Gasteiger charge is 2.19.